The van der Waals surface area contributed by atoms with Crippen molar-refractivity contribution in [2.75, 3.05) is 0 Å². The first kappa shape index (κ1) is 25.1. The normalized spacial score (nSPS) is 12.0. The Morgan fingerprint density at radius 3 is 1.92 bits per heavy atom. The zero-order chi connectivity index (χ0) is 26.0. The third-order valence-electron chi connectivity index (χ3n) is 5.42. The molecular formula is C27H17F7N2. The Labute approximate surface area is 201 Å². The minimum absolute atomic E-state index is 0.205. The summed E-state index contributed by atoms with van der Waals surface area (Å²) in [6.07, 6.45) is 4.89. The molecule has 36 heavy (non-hydrogen) atoms. The van der Waals surface area contributed by atoms with Crippen molar-refractivity contribution in [2.24, 2.45) is 0 Å². The summed E-state index contributed by atoms with van der Waals surface area (Å²) in [6.45, 7) is 2.00. The van der Waals surface area contributed by atoms with Crippen molar-refractivity contribution in [1.82, 2.24) is 9.97 Å². The largest absolute Gasteiger partial charge is 0.236 e. The van der Waals surface area contributed by atoms with E-state index in [4.69, 9.17) is 0 Å². The van der Waals surface area contributed by atoms with Crippen molar-refractivity contribution in [3.8, 4) is 22.5 Å². The Kier molecular flexibility index (Phi) is 7.19. The highest BCUT2D eigenvalue weighted by Gasteiger charge is 2.19. The smallest absolute Gasteiger partial charge is 0.194 e. The van der Waals surface area contributed by atoms with Crippen molar-refractivity contribution < 1.29 is 30.7 Å². The molecule has 0 atom stereocenters. The zero-order valence-corrected chi connectivity index (χ0v) is 18.7. The summed E-state index contributed by atoms with van der Waals surface area (Å²) in [5.41, 5.74) is -0.831. The highest BCUT2D eigenvalue weighted by Crippen LogP contribution is 2.34. The Bertz CT molecular complexity index is 1440. The van der Waals surface area contributed by atoms with Gasteiger partial charge in [-0.2, -0.15) is 0 Å². The minimum atomic E-state index is -1.72. The van der Waals surface area contributed by atoms with Crippen LogP contribution in [0.4, 0.5) is 30.7 Å². The lowest BCUT2D eigenvalue weighted by Gasteiger charge is -2.09. The molecule has 0 unspecified atom stereocenters. The van der Waals surface area contributed by atoms with Gasteiger partial charge in [0.1, 0.15) is 11.6 Å². The summed E-state index contributed by atoms with van der Waals surface area (Å²) in [4.78, 5) is 8.31. The van der Waals surface area contributed by atoms with E-state index in [-0.39, 0.29) is 22.5 Å². The number of benzene rings is 3. The van der Waals surface area contributed by atoms with Gasteiger partial charge in [0.2, 0.25) is 0 Å². The number of halogens is 7. The molecular weight excluding hydrogens is 485 g/mol. The number of hydrogen-bond acceptors (Lipinski definition) is 2. The number of aryl methyl sites for hydroxylation is 1. The molecule has 3 aromatic carbocycles. The molecule has 0 aliphatic carbocycles. The van der Waals surface area contributed by atoms with Crippen LogP contribution in [0.25, 0.3) is 34.2 Å². The van der Waals surface area contributed by atoms with E-state index >= 15 is 0 Å². The molecule has 0 radical (unpaired) electrons. The van der Waals surface area contributed by atoms with Crippen LogP contribution in [0.2, 0.25) is 0 Å². The molecule has 4 rings (SSSR count). The van der Waals surface area contributed by atoms with E-state index < -0.39 is 51.9 Å². The van der Waals surface area contributed by atoms with Crippen molar-refractivity contribution in [3.63, 3.8) is 0 Å². The van der Waals surface area contributed by atoms with Gasteiger partial charge in [-0.25, -0.2) is 40.7 Å². The number of nitrogens with zero attached hydrogens (tertiary/aromatic N) is 2. The van der Waals surface area contributed by atoms with Gasteiger partial charge in [0, 0.05) is 34.6 Å². The number of rotatable bonds is 6. The van der Waals surface area contributed by atoms with Gasteiger partial charge in [-0.05, 0) is 47.9 Å². The summed E-state index contributed by atoms with van der Waals surface area (Å²) < 4.78 is 99.0. The van der Waals surface area contributed by atoms with Crippen LogP contribution in [0.5, 0.6) is 0 Å². The van der Waals surface area contributed by atoms with E-state index in [2.05, 4.69) is 9.97 Å². The van der Waals surface area contributed by atoms with Crippen LogP contribution in [0.1, 0.15) is 30.0 Å². The van der Waals surface area contributed by atoms with Gasteiger partial charge in [-0.3, -0.25) is 0 Å². The van der Waals surface area contributed by atoms with Crippen LogP contribution in [0, 0.1) is 29.1 Å². The fraction of sp³-hybridized carbons (Fsp3) is 0.111. The molecule has 4 aromatic rings. The Hall–Kier alpha value is -4.01. The molecule has 0 fully saturated rings. The summed E-state index contributed by atoms with van der Waals surface area (Å²) in [6, 6.07) is 6.91. The molecule has 0 bridgehead atoms. The van der Waals surface area contributed by atoms with Crippen LogP contribution >= 0.6 is 0 Å². The zero-order valence-electron chi connectivity index (χ0n) is 18.7. The van der Waals surface area contributed by atoms with Crippen LogP contribution in [0.15, 0.2) is 60.9 Å². The highest BCUT2D eigenvalue weighted by molar-refractivity contribution is 5.84. The van der Waals surface area contributed by atoms with Gasteiger partial charge in [0.25, 0.3) is 0 Å². The molecule has 0 amide bonds. The first-order chi connectivity index (χ1) is 17.2. The predicted octanol–water partition coefficient (Wildman–Crippen LogP) is 8.22. The fourth-order valence-corrected chi connectivity index (χ4v) is 3.60. The molecule has 1 aromatic heterocycles. The molecule has 0 aliphatic rings. The molecule has 0 saturated heterocycles. The second kappa shape index (κ2) is 10.3. The summed E-state index contributed by atoms with van der Waals surface area (Å²) in [7, 11) is 0. The Morgan fingerprint density at radius 1 is 0.694 bits per heavy atom. The summed E-state index contributed by atoms with van der Waals surface area (Å²) in [5, 5.41) is 0. The van der Waals surface area contributed by atoms with Gasteiger partial charge in [0.15, 0.2) is 34.9 Å². The first-order valence-electron chi connectivity index (χ1n) is 10.8. The predicted molar refractivity (Wildman–Crippen MR) is 122 cm³/mol. The van der Waals surface area contributed by atoms with E-state index in [1.54, 1.807) is 12.4 Å². The molecule has 0 spiro atoms. The third-order valence-corrected chi connectivity index (χ3v) is 5.42. The molecule has 0 aliphatic heterocycles. The molecule has 0 saturated carbocycles. The van der Waals surface area contributed by atoms with Gasteiger partial charge in [0.05, 0.1) is 0 Å². The second-order valence-corrected chi connectivity index (χ2v) is 7.94. The average molecular weight is 502 g/mol. The van der Waals surface area contributed by atoms with Crippen LogP contribution in [0.3, 0.4) is 0 Å². The minimum Gasteiger partial charge on any atom is -0.236 e. The summed E-state index contributed by atoms with van der Waals surface area (Å²) in [5.74, 6) is -9.96. The molecule has 9 heteroatoms. The van der Waals surface area contributed by atoms with E-state index in [0.29, 0.717) is 18.2 Å². The third kappa shape index (κ3) is 5.00. The SMILES string of the molecule is CCCc1cnc(-c2ccc(C(F)=C(F)c3ccc(-c4cc(F)c(F)c(F)c4)c(F)c3)c(F)c2)nc1. The van der Waals surface area contributed by atoms with E-state index in [1.807, 2.05) is 6.92 Å². The fourth-order valence-electron chi connectivity index (χ4n) is 3.60. The van der Waals surface area contributed by atoms with Crippen LogP contribution in [-0.4, -0.2) is 9.97 Å². The quantitative estimate of drug-likeness (QED) is 0.151. The molecule has 1 heterocycles. The van der Waals surface area contributed by atoms with Gasteiger partial charge >= 0.3 is 0 Å². The van der Waals surface area contributed by atoms with Crippen LogP contribution < -0.4 is 0 Å². The van der Waals surface area contributed by atoms with E-state index in [1.165, 1.54) is 6.07 Å². The maximum atomic E-state index is 14.8. The summed E-state index contributed by atoms with van der Waals surface area (Å²) >= 11 is 0. The molecule has 0 N–H and O–H groups in total. The van der Waals surface area contributed by atoms with Gasteiger partial charge < -0.3 is 0 Å². The second-order valence-electron chi connectivity index (χ2n) is 7.94. The maximum Gasteiger partial charge on any atom is 0.194 e. The number of hydrogen-bond donors (Lipinski definition) is 0. The lowest BCUT2D eigenvalue weighted by Crippen LogP contribution is -1.96. The number of aromatic nitrogens is 2. The molecule has 184 valence electrons. The maximum absolute atomic E-state index is 14.8. The van der Waals surface area contributed by atoms with Crippen molar-refractivity contribution in [2.45, 2.75) is 19.8 Å². The average Bonchev–Trinajstić information content (AvgIpc) is 2.86. The standard InChI is InChI=1S/C27H17F7N2/c1-2-3-14-12-35-27(36-13-14)16-5-7-19(21(29)9-16)25(33)24(32)15-4-6-18(20(28)8-15)17-10-22(30)26(34)23(31)11-17/h4-13H,2-3H2,1H3. The lowest BCUT2D eigenvalue weighted by molar-refractivity contribution is 0.447. The first-order valence-corrected chi connectivity index (χ1v) is 10.8. The Morgan fingerprint density at radius 2 is 1.33 bits per heavy atom. The lowest BCUT2D eigenvalue weighted by atomic mass is 10.0. The van der Waals surface area contributed by atoms with Crippen LogP contribution in [-0.2, 0) is 6.42 Å². The van der Waals surface area contributed by atoms with Gasteiger partial charge in [-0.15, -0.1) is 0 Å². The van der Waals surface area contributed by atoms with Crippen molar-refractivity contribution >= 4 is 11.7 Å². The van der Waals surface area contributed by atoms with Crippen molar-refractivity contribution in [3.05, 3.63) is 107 Å². The van der Waals surface area contributed by atoms with E-state index in [9.17, 15) is 30.7 Å². The Balaban J connectivity index is 1.64. The highest BCUT2D eigenvalue weighted by atomic mass is 19.2. The molecule has 2 nitrogen and oxygen atoms in total. The van der Waals surface area contributed by atoms with Gasteiger partial charge in [-0.1, -0.05) is 31.5 Å². The monoisotopic (exact) mass is 502 g/mol. The van der Waals surface area contributed by atoms with E-state index in [0.717, 1.165) is 42.7 Å². The van der Waals surface area contributed by atoms with Crippen molar-refractivity contribution in [1.29, 1.82) is 0 Å². The topological polar surface area (TPSA) is 25.8 Å².